The maximum Gasteiger partial charge on any atom is 0.255 e. The van der Waals surface area contributed by atoms with Gasteiger partial charge in [0.2, 0.25) is 0 Å². The zero-order valence-corrected chi connectivity index (χ0v) is 19.3. The largest absolute Gasteiger partial charge is 0.496 e. The van der Waals surface area contributed by atoms with Gasteiger partial charge in [-0.1, -0.05) is 41.4 Å². The lowest BCUT2D eigenvalue weighted by Crippen LogP contribution is -2.12. The molecule has 6 nitrogen and oxygen atoms in total. The number of amides is 1. The molecule has 0 unspecified atom stereocenters. The Hall–Kier alpha value is -3.48. The van der Waals surface area contributed by atoms with E-state index in [4.69, 9.17) is 32.7 Å². The minimum atomic E-state index is -0.261. The predicted molar refractivity (Wildman–Crippen MR) is 130 cm³/mol. The van der Waals surface area contributed by atoms with Gasteiger partial charge in [-0.3, -0.25) is 9.48 Å². The number of rotatable bonds is 8. The smallest absolute Gasteiger partial charge is 0.255 e. The van der Waals surface area contributed by atoms with Crippen molar-refractivity contribution in [1.82, 2.24) is 9.78 Å². The normalized spacial score (nSPS) is 10.6. The quantitative estimate of drug-likeness (QED) is 0.331. The molecule has 3 aromatic carbocycles. The van der Waals surface area contributed by atoms with E-state index >= 15 is 0 Å². The van der Waals surface area contributed by atoms with Crippen molar-refractivity contribution in [2.45, 2.75) is 13.2 Å². The van der Waals surface area contributed by atoms with Gasteiger partial charge in [0.15, 0.2) is 0 Å². The van der Waals surface area contributed by atoms with E-state index in [1.807, 2.05) is 24.3 Å². The number of methoxy groups -OCH3 is 1. The summed E-state index contributed by atoms with van der Waals surface area (Å²) in [5.74, 6) is 1.04. The highest BCUT2D eigenvalue weighted by Crippen LogP contribution is 2.24. The van der Waals surface area contributed by atoms with Crippen LogP contribution in [0.25, 0.3) is 0 Å². The molecule has 0 saturated heterocycles. The van der Waals surface area contributed by atoms with Crippen molar-refractivity contribution in [3.8, 4) is 11.5 Å². The van der Waals surface area contributed by atoms with E-state index in [1.165, 1.54) is 0 Å². The minimum absolute atomic E-state index is 0.238. The summed E-state index contributed by atoms with van der Waals surface area (Å²) in [4.78, 5) is 12.8. The summed E-state index contributed by atoms with van der Waals surface area (Å²) in [6.45, 7) is 0.742. The molecule has 1 aromatic heterocycles. The van der Waals surface area contributed by atoms with Gasteiger partial charge in [0.1, 0.15) is 18.1 Å². The average Bonchev–Trinajstić information content (AvgIpc) is 3.26. The molecule has 4 rings (SSSR count). The molecule has 0 aliphatic rings. The second kappa shape index (κ2) is 10.4. The van der Waals surface area contributed by atoms with Gasteiger partial charge in [-0.15, -0.1) is 0 Å². The fourth-order valence-electron chi connectivity index (χ4n) is 3.24. The topological polar surface area (TPSA) is 65.4 Å². The Kier molecular flexibility index (Phi) is 7.17. The van der Waals surface area contributed by atoms with Crippen molar-refractivity contribution in [1.29, 1.82) is 0 Å². The molecule has 1 N–H and O–H groups in total. The van der Waals surface area contributed by atoms with Gasteiger partial charge in [0.05, 0.1) is 25.5 Å². The number of carbonyl (C=O) groups excluding carboxylic acids is 1. The standard InChI is InChI=1S/C25H21Cl2N3O3/c1-32-24-11-6-17(12-19(24)16-33-22-9-7-20(26)8-10-22)25(31)29-21-13-28-30(15-21)14-18-4-2-3-5-23(18)27/h2-13,15H,14,16H2,1H3,(H,29,31). The number of nitrogens with one attached hydrogen (secondary N) is 1. The Labute approximate surface area is 201 Å². The third kappa shape index (κ3) is 5.86. The summed E-state index contributed by atoms with van der Waals surface area (Å²) < 4.78 is 13.0. The van der Waals surface area contributed by atoms with Crippen LogP contribution in [0.3, 0.4) is 0 Å². The lowest BCUT2D eigenvalue weighted by atomic mass is 10.1. The second-order valence-electron chi connectivity index (χ2n) is 7.24. The van der Waals surface area contributed by atoms with Crippen molar-refractivity contribution in [3.05, 3.63) is 106 Å². The second-order valence-corrected chi connectivity index (χ2v) is 8.08. The summed E-state index contributed by atoms with van der Waals surface area (Å²) in [6.07, 6.45) is 3.36. The van der Waals surface area contributed by atoms with Crippen molar-refractivity contribution < 1.29 is 14.3 Å². The first-order chi connectivity index (χ1) is 16.0. The number of nitrogens with zero attached hydrogens (tertiary/aromatic N) is 2. The Morgan fingerprint density at radius 3 is 2.58 bits per heavy atom. The molecule has 168 valence electrons. The third-order valence-electron chi connectivity index (χ3n) is 4.93. The number of ether oxygens (including phenoxy) is 2. The van der Waals surface area contributed by atoms with E-state index in [1.54, 1.807) is 66.6 Å². The SMILES string of the molecule is COc1ccc(C(=O)Nc2cnn(Cc3ccccc3Cl)c2)cc1COc1ccc(Cl)cc1. The molecule has 0 atom stereocenters. The zero-order valence-electron chi connectivity index (χ0n) is 17.8. The van der Waals surface area contributed by atoms with Crippen LogP contribution in [-0.2, 0) is 13.2 Å². The molecule has 8 heteroatoms. The summed E-state index contributed by atoms with van der Waals surface area (Å²) >= 11 is 12.1. The first-order valence-corrected chi connectivity index (χ1v) is 10.9. The molecule has 33 heavy (non-hydrogen) atoms. The molecular formula is C25H21Cl2N3O3. The van der Waals surface area contributed by atoms with E-state index in [0.29, 0.717) is 39.3 Å². The third-order valence-corrected chi connectivity index (χ3v) is 5.55. The van der Waals surface area contributed by atoms with Gasteiger partial charge in [0.25, 0.3) is 5.91 Å². The summed E-state index contributed by atoms with van der Waals surface area (Å²) in [5, 5.41) is 8.48. The summed E-state index contributed by atoms with van der Waals surface area (Å²) in [6, 6.07) is 19.8. The molecule has 0 fully saturated rings. The molecule has 1 heterocycles. The van der Waals surface area contributed by atoms with Crippen LogP contribution >= 0.6 is 23.2 Å². The maximum atomic E-state index is 12.8. The van der Waals surface area contributed by atoms with Gasteiger partial charge in [-0.05, 0) is 54.1 Å². The van der Waals surface area contributed by atoms with Crippen molar-refractivity contribution in [3.63, 3.8) is 0 Å². The van der Waals surface area contributed by atoms with Gasteiger partial charge in [0, 0.05) is 27.4 Å². The van der Waals surface area contributed by atoms with Crippen LogP contribution in [0.2, 0.25) is 10.0 Å². The summed E-state index contributed by atoms with van der Waals surface area (Å²) in [5.41, 5.74) is 2.75. The Morgan fingerprint density at radius 2 is 1.82 bits per heavy atom. The highest BCUT2D eigenvalue weighted by molar-refractivity contribution is 6.31. The maximum absolute atomic E-state index is 12.8. The number of aromatic nitrogens is 2. The number of hydrogen-bond donors (Lipinski definition) is 1. The molecule has 0 spiro atoms. The minimum Gasteiger partial charge on any atom is -0.496 e. The van der Waals surface area contributed by atoms with Crippen LogP contribution in [0.4, 0.5) is 5.69 Å². The molecule has 4 aromatic rings. The lowest BCUT2D eigenvalue weighted by Gasteiger charge is -2.12. The first kappa shape index (κ1) is 22.7. The lowest BCUT2D eigenvalue weighted by molar-refractivity contribution is 0.102. The van der Waals surface area contributed by atoms with E-state index < -0.39 is 0 Å². The Morgan fingerprint density at radius 1 is 1.03 bits per heavy atom. The van der Waals surface area contributed by atoms with E-state index in [-0.39, 0.29) is 12.5 Å². The van der Waals surface area contributed by atoms with E-state index in [2.05, 4.69) is 10.4 Å². The number of carbonyl (C=O) groups is 1. The molecule has 0 bridgehead atoms. The Bertz CT molecular complexity index is 1260. The molecule has 0 aliphatic heterocycles. The Balaban J connectivity index is 1.43. The van der Waals surface area contributed by atoms with Crippen LogP contribution < -0.4 is 14.8 Å². The number of halogens is 2. The van der Waals surface area contributed by atoms with Crippen LogP contribution in [0.1, 0.15) is 21.5 Å². The van der Waals surface area contributed by atoms with Gasteiger partial charge in [-0.25, -0.2) is 0 Å². The van der Waals surface area contributed by atoms with Crippen molar-refractivity contribution >= 4 is 34.8 Å². The highest BCUT2D eigenvalue weighted by atomic mass is 35.5. The molecular weight excluding hydrogens is 461 g/mol. The van der Waals surface area contributed by atoms with E-state index in [9.17, 15) is 4.79 Å². The first-order valence-electron chi connectivity index (χ1n) is 10.1. The fourth-order valence-corrected chi connectivity index (χ4v) is 3.57. The average molecular weight is 482 g/mol. The highest BCUT2D eigenvalue weighted by Gasteiger charge is 2.13. The summed E-state index contributed by atoms with van der Waals surface area (Å²) in [7, 11) is 1.58. The monoisotopic (exact) mass is 481 g/mol. The fraction of sp³-hybridized carbons (Fsp3) is 0.120. The molecule has 0 aliphatic carbocycles. The van der Waals surface area contributed by atoms with E-state index in [0.717, 1.165) is 11.1 Å². The van der Waals surface area contributed by atoms with Crippen molar-refractivity contribution in [2.75, 3.05) is 12.4 Å². The van der Waals surface area contributed by atoms with Gasteiger partial charge >= 0.3 is 0 Å². The number of benzene rings is 3. The number of anilines is 1. The van der Waals surface area contributed by atoms with Gasteiger partial charge < -0.3 is 14.8 Å². The molecule has 0 radical (unpaired) electrons. The van der Waals surface area contributed by atoms with Crippen molar-refractivity contribution in [2.24, 2.45) is 0 Å². The molecule has 1 amide bonds. The van der Waals surface area contributed by atoms with Crippen LogP contribution in [0.5, 0.6) is 11.5 Å². The van der Waals surface area contributed by atoms with Crippen LogP contribution in [0.15, 0.2) is 79.1 Å². The van der Waals surface area contributed by atoms with Gasteiger partial charge in [-0.2, -0.15) is 5.10 Å². The van der Waals surface area contributed by atoms with Crippen LogP contribution in [0, 0.1) is 0 Å². The van der Waals surface area contributed by atoms with Crippen LogP contribution in [-0.4, -0.2) is 22.8 Å². The number of hydrogen-bond acceptors (Lipinski definition) is 4. The molecule has 0 saturated carbocycles. The predicted octanol–water partition coefficient (Wildman–Crippen LogP) is 6.08. The zero-order chi connectivity index (χ0) is 23.2.